The van der Waals surface area contributed by atoms with E-state index in [0.29, 0.717) is 46.1 Å². The summed E-state index contributed by atoms with van der Waals surface area (Å²) < 4.78 is 32.1. The molecule has 0 aliphatic heterocycles. The fourth-order valence-electron chi connectivity index (χ4n) is 3.24. The van der Waals surface area contributed by atoms with Gasteiger partial charge in [0.25, 0.3) is 0 Å². The van der Waals surface area contributed by atoms with Gasteiger partial charge in [-0.25, -0.2) is 4.39 Å². The average Bonchev–Trinajstić information content (AvgIpc) is 2.77. The van der Waals surface area contributed by atoms with Crippen molar-refractivity contribution in [2.75, 3.05) is 39.6 Å². The molecular formula is C26H38FNO3. The van der Waals surface area contributed by atoms with E-state index in [1.54, 1.807) is 0 Å². The van der Waals surface area contributed by atoms with Crippen molar-refractivity contribution in [2.24, 2.45) is 0 Å². The van der Waals surface area contributed by atoms with E-state index in [-0.39, 0.29) is 0 Å². The summed E-state index contributed by atoms with van der Waals surface area (Å²) in [6, 6.07) is 20.4. The minimum absolute atomic E-state index is 0.294. The molecule has 0 fully saturated rings. The van der Waals surface area contributed by atoms with Gasteiger partial charge in [0.1, 0.15) is 6.17 Å². The van der Waals surface area contributed by atoms with Gasteiger partial charge in [0.2, 0.25) is 0 Å². The van der Waals surface area contributed by atoms with Crippen molar-refractivity contribution in [3.63, 3.8) is 0 Å². The van der Waals surface area contributed by atoms with E-state index in [1.807, 2.05) is 50.2 Å². The molecular weight excluding hydrogens is 393 g/mol. The molecule has 0 aromatic heterocycles. The Morgan fingerprint density at radius 3 is 1.77 bits per heavy atom. The third kappa shape index (κ3) is 10.4. The Bertz CT molecular complexity index is 655. The predicted molar refractivity (Wildman–Crippen MR) is 124 cm³/mol. The van der Waals surface area contributed by atoms with Crippen molar-refractivity contribution in [1.29, 1.82) is 0 Å². The largest absolute Gasteiger partial charge is 0.379 e. The van der Waals surface area contributed by atoms with E-state index in [0.717, 1.165) is 13.0 Å². The Balaban J connectivity index is 1.84. The summed E-state index contributed by atoms with van der Waals surface area (Å²) in [5, 5.41) is 0. The van der Waals surface area contributed by atoms with Crippen LogP contribution in [0.5, 0.6) is 0 Å². The summed E-state index contributed by atoms with van der Waals surface area (Å²) in [5.41, 5.74) is 1.44. The lowest BCUT2D eigenvalue weighted by Crippen LogP contribution is -2.44. The smallest absolute Gasteiger partial charge is 0.141 e. The van der Waals surface area contributed by atoms with E-state index in [1.165, 1.54) is 11.1 Å². The first-order chi connectivity index (χ1) is 15.0. The van der Waals surface area contributed by atoms with Crippen LogP contribution in [0.25, 0.3) is 0 Å². The minimum atomic E-state index is -1.13. The Morgan fingerprint density at radius 2 is 1.26 bits per heavy atom. The van der Waals surface area contributed by atoms with Gasteiger partial charge in [0.15, 0.2) is 0 Å². The normalized spacial score (nSPS) is 12.9. The van der Waals surface area contributed by atoms with Gasteiger partial charge in [-0.2, -0.15) is 0 Å². The van der Waals surface area contributed by atoms with Crippen LogP contribution in [0.4, 0.5) is 4.39 Å². The van der Waals surface area contributed by atoms with Gasteiger partial charge in [-0.05, 0) is 31.4 Å². The van der Waals surface area contributed by atoms with Crippen LogP contribution in [0.2, 0.25) is 0 Å². The lowest BCUT2D eigenvalue weighted by molar-refractivity contribution is -0.0971. The molecule has 2 aromatic carbocycles. The van der Waals surface area contributed by atoms with Gasteiger partial charge in [0, 0.05) is 26.2 Å². The zero-order chi connectivity index (χ0) is 22.4. The standard InChI is InChI=1S/C26H38FNO3/c1-4-15-29-16-17-30-18-19-31-26(2,3)25(27)22-28(20-23-11-7-5-8-12-23)21-24-13-9-6-10-14-24/h5-14,25H,4,15-22H2,1-3H3. The zero-order valence-electron chi connectivity index (χ0n) is 19.3. The Labute approximate surface area is 187 Å². The summed E-state index contributed by atoms with van der Waals surface area (Å²) in [4.78, 5) is 2.14. The number of ether oxygens (including phenoxy) is 3. The molecule has 0 spiro atoms. The molecule has 0 bridgehead atoms. The molecule has 0 radical (unpaired) electrons. The number of hydrogen-bond donors (Lipinski definition) is 0. The van der Waals surface area contributed by atoms with E-state index in [2.05, 4.69) is 36.1 Å². The molecule has 0 aliphatic rings. The highest BCUT2D eigenvalue weighted by molar-refractivity contribution is 5.17. The predicted octanol–water partition coefficient (Wildman–Crippen LogP) is 5.27. The first-order valence-corrected chi connectivity index (χ1v) is 11.2. The molecule has 0 saturated carbocycles. The molecule has 0 N–H and O–H groups in total. The van der Waals surface area contributed by atoms with Gasteiger partial charge in [0.05, 0.1) is 32.0 Å². The topological polar surface area (TPSA) is 30.9 Å². The Hall–Kier alpha value is -1.79. The Morgan fingerprint density at radius 1 is 0.774 bits per heavy atom. The maximum Gasteiger partial charge on any atom is 0.141 e. The molecule has 1 atom stereocenters. The van der Waals surface area contributed by atoms with Crippen LogP contribution in [-0.2, 0) is 27.3 Å². The van der Waals surface area contributed by atoms with Crippen LogP contribution >= 0.6 is 0 Å². The van der Waals surface area contributed by atoms with Crippen LogP contribution in [-0.4, -0.2) is 56.3 Å². The van der Waals surface area contributed by atoms with Crippen LogP contribution in [0.1, 0.15) is 38.3 Å². The molecule has 2 rings (SSSR count). The number of halogens is 1. The molecule has 1 unspecified atom stereocenters. The summed E-state index contributed by atoms with van der Waals surface area (Å²) in [7, 11) is 0. The van der Waals surface area contributed by atoms with Crippen molar-refractivity contribution in [3.05, 3.63) is 71.8 Å². The number of rotatable bonds is 16. The third-order valence-electron chi connectivity index (χ3n) is 5.09. The average molecular weight is 432 g/mol. The molecule has 0 amide bonds. The Kier molecular flexibility index (Phi) is 11.8. The monoisotopic (exact) mass is 431 g/mol. The molecule has 0 aliphatic carbocycles. The van der Waals surface area contributed by atoms with E-state index >= 15 is 4.39 Å². The van der Waals surface area contributed by atoms with E-state index in [4.69, 9.17) is 14.2 Å². The molecule has 2 aromatic rings. The van der Waals surface area contributed by atoms with Gasteiger partial charge >= 0.3 is 0 Å². The van der Waals surface area contributed by atoms with Gasteiger partial charge in [-0.3, -0.25) is 4.90 Å². The van der Waals surface area contributed by atoms with Crippen molar-refractivity contribution < 1.29 is 18.6 Å². The number of hydrogen-bond acceptors (Lipinski definition) is 4. The quantitative estimate of drug-likeness (QED) is 0.339. The fourth-order valence-corrected chi connectivity index (χ4v) is 3.24. The maximum atomic E-state index is 15.3. The highest BCUT2D eigenvalue weighted by Crippen LogP contribution is 2.21. The molecule has 5 heteroatoms. The van der Waals surface area contributed by atoms with Gasteiger partial charge in [-0.15, -0.1) is 0 Å². The first-order valence-electron chi connectivity index (χ1n) is 11.2. The molecule has 0 heterocycles. The minimum Gasteiger partial charge on any atom is -0.379 e. The molecule has 0 saturated heterocycles. The second-order valence-corrected chi connectivity index (χ2v) is 8.29. The van der Waals surface area contributed by atoms with Crippen LogP contribution < -0.4 is 0 Å². The van der Waals surface area contributed by atoms with Gasteiger partial charge in [-0.1, -0.05) is 67.6 Å². The molecule has 172 valence electrons. The van der Waals surface area contributed by atoms with E-state index < -0.39 is 11.8 Å². The lowest BCUT2D eigenvalue weighted by atomic mass is 10.0. The van der Waals surface area contributed by atoms with Gasteiger partial charge < -0.3 is 14.2 Å². The van der Waals surface area contributed by atoms with Crippen LogP contribution in [0, 0.1) is 0 Å². The van der Waals surface area contributed by atoms with Crippen LogP contribution in [0.3, 0.4) is 0 Å². The summed E-state index contributed by atoms with van der Waals surface area (Å²) in [6.45, 7) is 10.0. The highest BCUT2D eigenvalue weighted by atomic mass is 19.1. The fraction of sp³-hybridized carbons (Fsp3) is 0.538. The van der Waals surface area contributed by atoms with Crippen LogP contribution in [0.15, 0.2) is 60.7 Å². The van der Waals surface area contributed by atoms with E-state index in [9.17, 15) is 0 Å². The maximum absolute atomic E-state index is 15.3. The second kappa shape index (κ2) is 14.3. The zero-order valence-corrected chi connectivity index (χ0v) is 19.3. The molecule has 4 nitrogen and oxygen atoms in total. The number of nitrogens with zero attached hydrogens (tertiary/aromatic N) is 1. The summed E-state index contributed by atoms with van der Waals surface area (Å²) in [5.74, 6) is 0. The second-order valence-electron chi connectivity index (χ2n) is 8.29. The van der Waals surface area contributed by atoms with Crippen molar-refractivity contribution in [1.82, 2.24) is 4.90 Å². The number of benzene rings is 2. The van der Waals surface area contributed by atoms with Crippen molar-refractivity contribution >= 4 is 0 Å². The summed E-state index contributed by atoms with van der Waals surface area (Å²) in [6.07, 6.45) is -0.131. The third-order valence-corrected chi connectivity index (χ3v) is 5.09. The highest BCUT2D eigenvalue weighted by Gasteiger charge is 2.32. The SMILES string of the molecule is CCCOCCOCCOC(C)(C)C(F)CN(Cc1ccccc1)Cc1ccccc1. The molecule has 31 heavy (non-hydrogen) atoms. The summed E-state index contributed by atoms with van der Waals surface area (Å²) >= 11 is 0. The van der Waals surface area contributed by atoms with Crippen molar-refractivity contribution in [2.45, 2.75) is 52.1 Å². The number of alkyl halides is 1. The lowest BCUT2D eigenvalue weighted by Gasteiger charge is -2.33. The van der Waals surface area contributed by atoms with Crippen molar-refractivity contribution in [3.8, 4) is 0 Å². The first kappa shape index (κ1) is 25.5.